The summed E-state index contributed by atoms with van der Waals surface area (Å²) in [7, 11) is 2.07. The van der Waals surface area contributed by atoms with Crippen LogP contribution >= 0.6 is 0 Å². The Kier molecular flexibility index (Phi) is 3.35. The summed E-state index contributed by atoms with van der Waals surface area (Å²) in [6, 6.07) is 0. The van der Waals surface area contributed by atoms with Crippen molar-refractivity contribution in [3.05, 3.63) is 0 Å². The average molecular weight is 262 g/mol. The Bertz CT molecular complexity index is 299. The van der Waals surface area contributed by atoms with Crippen LogP contribution in [0.4, 0.5) is 0 Å². The van der Waals surface area contributed by atoms with Crippen LogP contribution in [-0.4, -0.2) is 38.1 Å². The van der Waals surface area contributed by atoms with Crippen LogP contribution < -0.4 is 5.32 Å². The van der Waals surface area contributed by atoms with E-state index in [-0.39, 0.29) is 0 Å². The predicted molar refractivity (Wildman–Crippen MR) is 79.0 cm³/mol. The standard InChI is InChI=1S/C17H30N2/c1-18-3-5-19-4-2-14(11-19)17-15-7-12-6-13(9-15)10-16(17)8-12/h12-18H,2-11H2,1H3. The van der Waals surface area contributed by atoms with E-state index in [1.54, 1.807) is 32.1 Å². The third-order valence-corrected chi connectivity index (χ3v) is 6.83. The van der Waals surface area contributed by atoms with Crippen molar-refractivity contribution >= 4 is 0 Å². The van der Waals surface area contributed by atoms with Crippen LogP contribution in [0.2, 0.25) is 0 Å². The summed E-state index contributed by atoms with van der Waals surface area (Å²) in [5.74, 6) is 6.70. The van der Waals surface area contributed by atoms with Crippen molar-refractivity contribution in [3.63, 3.8) is 0 Å². The number of hydrogen-bond donors (Lipinski definition) is 1. The van der Waals surface area contributed by atoms with Crippen molar-refractivity contribution in [1.82, 2.24) is 10.2 Å². The van der Waals surface area contributed by atoms with E-state index in [2.05, 4.69) is 17.3 Å². The van der Waals surface area contributed by atoms with E-state index >= 15 is 0 Å². The molecule has 4 aliphatic carbocycles. The molecule has 1 heterocycles. The zero-order valence-corrected chi connectivity index (χ0v) is 12.5. The van der Waals surface area contributed by atoms with Crippen LogP contribution in [0.5, 0.6) is 0 Å². The molecular formula is C17H30N2. The molecule has 2 nitrogen and oxygen atoms in total. The quantitative estimate of drug-likeness (QED) is 0.838. The summed E-state index contributed by atoms with van der Waals surface area (Å²) in [5.41, 5.74) is 0. The maximum atomic E-state index is 3.30. The lowest BCUT2D eigenvalue weighted by molar-refractivity contribution is -0.0596. The fraction of sp³-hybridized carbons (Fsp3) is 1.00. The van der Waals surface area contributed by atoms with Gasteiger partial charge in [-0.15, -0.1) is 0 Å². The van der Waals surface area contributed by atoms with Gasteiger partial charge in [-0.1, -0.05) is 0 Å². The van der Waals surface area contributed by atoms with Crippen LogP contribution in [0.3, 0.4) is 0 Å². The van der Waals surface area contributed by atoms with Crippen LogP contribution in [0.1, 0.15) is 38.5 Å². The minimum Gasteiger partial charge on any atom is -0.318 e. The van der Waals surface area contributed by atoms with Crippen molar-refractivity contribution in [2.24, 2.45) is 35.5 Å². The summed E-state index contributed by atoms with van der Waals surface area (Å²) >= 11 is 0. The molecule has 19 heavy (non-hydrogen) atoms. The van der Waals surface area contributed by atoms with Gasteiger partial charge in [0.25, 0.3) is 0 Å². The number of hydrogen-bond acceptors (Lipinski definition) is 2. The van der Waals surface area contributed by atoms with Gasteiger partial charge in [-0.2, -0.15) is 0 Å². The van der Waals surface area contributed by atoms with E-state index in [1.165, 1.54) is 26.1 Å². The van der Waals surface area contributed by atoms with Gasteiger partial charge in [0.2, 0.25) is 0 Å². The van der Waals surface area contributed by atoms with Crippen LogP contribution in [0.25, 0.3) is 0 Å². The van der Waals surface area contributed by atoms with Gasteiger partial charge in [-0.25, -0.2) is 0 Å². The second kappa shape index (κ2) is 5.04. The summed E-state index contributed by atoms with van der Waals surface area (Å²) in [6.07, 6.45) is 9.50. The zero-order chi connectivity index (χ0) is 12.8. The molecule has 5 aliphatic rings. The Morgan fingerprint density at radius 2 is 1.63 bits per heavy atom. The molecule has 1 saturated heterocycles. The minimum atomic E-state index is 1.05. The molecule has 0 radical (unpaired) electrons. The lowest BCUT2D eigenvalue weighted by Crippen LogP contribution is -2.48. The summed E-state index contributed by atoms with van der Waals surface area (Å²) in [4.78, 5) is 2.71. The first kappa shape index (κ1) is 12.6. The van der Waals surface area contributed by atoms with E-state index in [0.717, 1.165) is 42.1 Å². The van der Waals surface area contributed by atoms with Gasteiger partial charge in [-0.3, -0.25) is 0 Å². The topological polar surface area (TPSA) is 15.3 Å². The van der Waals surface area contributed by atoms with Gasteiger partial charge in [0.15, 0.2) is 0 Å². The number of nitrogens with one attached hydrogen (secondary N) is 1. The lowest BCUT2D eigenvalue weighted by Gasteiger charge is -2.56. The van der Waals surface area contributed by atoms with E-state index < -0.39 is 0 Å². The van der Waals surface area contributed by atoms with Crippen LogP contribution in [0, 0.1) is 35.5 Å². The molecule has 1 unspecified atom stereocenters. The molecule has 4 saturated carbocycles. The van der Waals surface area contributed by atoms with Gasteiger partial charge in [0.05, 0.1) is 0 Å². The molecular weight excluding hydrogens is 232 g/mol. The molecule has 0 aromatic carbocycles. The predicted octanol–water partition coefficient (Wildman–Crippen LogP) is 2.60. The number of likely N-dealkylation sites (tertiary alicyclic amines) is 1. The Labute approximate surface area is 118 Å². The zero-order valence-electron chi connectivity index (χ0n) is 12.5. The Balaban J connectivity index is 1.40. The van der Waals surface area contributed by atoms with Gasteiger partial charge in [0, 0.05) is 19.6 Å². The number of likely N-dealkylation sites (N-methyl/N-ethyl adjacent to an activating group) is 1. The lowest BCUT2D eigenvalue weighted by atomic mass is 9.49. The smallest absolute Gasteiger partial charge is 0.0107 e. The van der Waals surface area contributed by atoms with E-state index in [4.69, 9.17) is 0 Å². The van der Waals surface area contributed by atoms with E-state index in [1.807, 2.05) is 0 Å². The number of nitrogens with zero attached hydrogens (tertiary/aromatic N) is 1. The van der Waals surface area contributed by atoms with E-state index in [0.29, 0.717) is 0 Å². The van der Waals surface area contributed by atoms with Gasteiger partial charge >= 0.3 is 0 Å². The molecule has 0 aromatic heterocycles. The molecule has 108 valence electrons. The molecule has 1 aliphatic heterocycles. The van der Waals surface area contributed by atoms with Crippen molar-refractivity contribution in [2.45, 2.75) is 38.5 Å². The highest BCUT2D eigenvalue weighted by Crippen LogP contribution is 2.59. The largest absolute Gasteiger partial charge is 0.318 e. The molecule has 2 heteroatoms. The Hall–Kier alpha value is -0.0800. The SMILES string of the molecule is CNCCN1CCC(C2C3CC4CC(C3)CC2C4)C1. The Morgan fingerprint density at radius 1 is 0.947 bits per heavy atom. The van der Waals surface area contributed by atoms with Gasteiger partial charge in [-0.05, 0) is 87.6 Å². The van der Waals surface area contributed by atoms with Crippen molar-refractivity contribution < 1.29 is 0 Å². The molecule has 0 aromatic rings. The highest BCUT2D eigenvalue weighted by atomic mass is 15.2. The fourth-order valence-corrected chi connectivity index (χ4v) is 6.39. The van der Waals surface area contributed by atoms with Crippen molar-refractivity contribution in [2.75, 3.05) is 33.2 Å². The third kappa shape index (κ3) is 2.25. The summed E-state index contributed by atoms with van der Waals surface area (Å²) in [5, 5.41) is 3.30. The highest BCUT2D eigenvalue weighted by Gasteiger charge is 2.51. The maximum Gasteiger partial charge on any atom is 0.0107 e. The fourth-order valence-electron chi connectivity index (χ4n) is 6.39. The summed E-state index contributed by atoms with van der Waals surface area (Å²) < 4.78 is 0. The maximum absolute atomic E-state index is 3.30. The molecule has 0 amide bonds. The van der Waals surface area contributed by atoms with Crippen molar-refractivity contribution in [1.29, 1.82) is 0 Å². The minimum absolute atomic E-state index is 1.05. The molecule has 5 rings (SSSR count). The van der Waals surface area contributed by atoms with Crippen LogP contribution in [-0.2, 0) is 0 Å². The highest BCUT2D eigenvalue weighted by molar-refractivity contribution is 5.01. The average Bonchev–Trinajstić information content (AvgIpc) is 2.83. The molecule has 1 N–H and O–H groups in total. The first-order valence-corrected chi connectivity index (χ1v) is 8.70. The van der Waals surface area contributed by atoms with Gasteiger partial charge in [0.1, 0.15) is 0 Å². The molecule has 0 spiro atoms. The molecule has 5 fully saturated rings. The first-order chi connectivity index (χ1) is 9.33. The normalized spacial score (nSPS) is 49.1. The first-order valence-electron chi connectivity index (χ1n) is 8.70. The van der Waals surface area contributed by atoms with Gasteiger partial charge < -0.3 is 10.2 Å². The molecule has 1 atom stereocenters. The number of rotatable bonds is 4. The molecule has 4 bridgehead atoms. The third-order valence-electron chi connectivity index (χ3n) is 6.83. The Morgan fingerprint density at radius 3 is 2.26 bits per heavy atom. The second-order valence-electron chi connectivity index (χ2n) is 7.96. The van der Waals surface area contributed by atoms with E-state index in [9.17, 15) is 0 Å². The van der Waals surface area contributed by atoms with Crippen LogP contribution in [0.15, 0.2) is 0 Å². The second-order valence-corrected chi connectivity index (χ2v) is 7.96. The van der Waals surface area contributed by atoms with Crippen molar-refractivity contribution in [3.8, 4) is 0 Å². The monoisotopic (exact) mass is 262 g/mol. The summed E-state index contributed by atoms with van der Waals surface area (Å²) in [6.45, 7) is 5.21.